The molecule has 0 aromatic carbocycles. The molecule has 0 spiro atoms. The van der Waals surface area contributed by atoms with Gasteiger partial charge < -0.3 is 4.74 Å². The topological polar surface area (TPSA) is 69.4 Å². The van der Waals surface area contributed by atoms with Gasteiger partial charge in [-0.25, -0.2) is 4.98 Å². The first-order chi connectivity index (χ1) is 12.6. The van der Waals surface area contributed by atoms with Gasteiger partial charge in [-0.3, -0.25) is 9.20 Å². The highest BCUT2D eigenvalue weighted by Gasteiger charge is 2.25. The largest absolute Gasteiger partial charge is 0.465 e. The number of carbonyl (C=O) groups excluding carboxylic acids is 1. The van der Waals surface area contributed by atoms with E-state index in [0.717, 1.165) is 46.9 Å². The maximum absolute atomic E-state index is 11.7. The Kier molecular flexibility index (Phi) is 4.88. The van der Waals surface area contributed by atoms with Crippen molar-refractivity contribution in [1.82, 2.24) is 19.6 Å². The molecule has 1 aliphatic rings. The molecule has 0 unspecified atom stereocenters. The smallest absolute Gasteiger partial charge is 0.316 e. The first-order valence-corrected chi connectivity index (χ1v) is 10.9. The Hall–Kier alpha value is -1.67. The predicted molar refractivity (Wildman–Crippen MR) is 104 cm³/mol. The van der Waals surface area contributed by atoms with Crippen LogP contribution in [0.3, 0.4) is 0 Å². The number of carbonyl (C=O) groups is 1. The van der Waals surface area contributed by atoms with Gasteiger partial charge in [-0.1, -0.05) is 25.6 Å². The van der Waals surface area contributed by atoms with E-state index >= 15 is 0 Å². The van der Waals surface area contributed by atoms with E-state index in [1.54, 1.807) is 0 Å². The summed E-state index contributed by atoms with van der Waals surface area (Å²) in [5, 5.41) is 10.7. The summed E-state index contributed by atoms with van der Waals surface area (Å²) in [6.07, 6.45) is 4.20. The number of nitrogens with zero attached hydrogens (tertiary/aromatic N) is 4. The average molecular weight is 391 g/mol. The molecule has 0 saturated heterocycles. The van der Waals surface area contributed by atoms with Crippen LogP contribution in [-0.2, 0) is 28.8 Å². The van der Waals surface area contributed by atoms with Gasteiger partial charge in [0, 0.05) is 11.3 Å². The lowest BCUT2D eigenvalue weighted by atomic mass is 9.89. The number of thioether (sulfide) groups is 1. The third-order valence-corrected chi connectivity index (χ3v) is 6.83. The van der Waals surface area contributed by atoms with Crippen LogP contribution in [0.5, 0.6) is 0 Å². The Morgan fingerprint density at radius 1 is 1.38 bits per heavy atom. The fourth-order valence-electron chi connectivity index (χ4n) is 3.53. The molecule has 3 aromatic heterocycles. The van der Waals surface area contributed by atoms with Crippen molar-refractivity contribution < 1.29 is 9.53 Å². The van der Waals surface area contributed by atoms with Gasteiger partial charge >= 0.3 is 5.97 Å². The van der Waals surface area contributed by atoms with E-state index in [1.807, 2.05) is 22.7 Å². The minimum Gasteiger partial charge on any atom is -0.465 e. The summed E-state index contributed by atoms with van der Waals surface area (Å²) in [7, 11) is 0. The van der Waals surface area contributed by atoms with Crippen molar-refractivity contribution in [1.29, 1.82) is 0 Å². The van der Waals surface area contributed by atoms with Crippen molar-refractivity contribution in [3.63, 3.8) is 0 Å². The zero-order valence-corrected chi connectivity index (χ0v) is 16.9. The van der Waals surface area contributed by atoms with E-state index in [0.29, 0.717) is 11.8 Å². The summed E-state index contributed by atoms with van der Waals surface area (Å²) in [5.41, 5.74) is 2.28. The molecule has 8 heteroatoms. The summed E-state index contributed by atoms with van der Waals surface area (Å²) in [5.74, 6) is 1.67. The average Bonchev–Trinajstić information content (AvgIpc) is 3.19. The number of aryl methyl sites for hydroxylation is 2. The molecule has 0 fully saturated rings. The highest BCUT2D eigenvalue weighted by Crippen LogP contribution is 2.39. The Morgan fingerprint density at radius 3 is 3.00 bits per heavy atom. The van der Waals surface area contributed by atoms with Gasteiger partial charge in [0.2, 0.25) is 0 Å². The second kappa shape index (κ2) is 7.15. The third kappa shape index (κ3) is 2.99. The molecular formula is C18H22N4O2S2. The molecule has 0 saturated carbocycles. The zero-order valence-electron chi connectivity index (χ0n) is 15.2. The van der Waals surface area contributed by atoms with Gasteiger partial charge in [-0.05, 0) is 37.7 Å². The number of hydrogen-bond donors (Lipinski definition) is 0. The summed E-state index contributed by atoms with van der Waals surface area (Å²) in [4.78, 5) is 19.1. The Labute approximate surface area is 160 Å². The fourth-order valence-corrected chi connectivity index (χ4v) is 5.68. The summed E-state index contributed by atoms with van der Waals surface area (Å²) >= 11 is 3.17. The maximum Gasteiger partial charge on any atom is 0.316 e. The lowest BCUT2D eigenvalue weighted by molar-refractivity contribution is -0.139. The van der Waals surface area contributed by atoms with E-state index < -0.39 is 0 Å². The van der Waals surface area contributed by atoms with Crippen molar-refractivity contribution in [2.45, 2.75) is 51.6 Å². The Bertz CT molecular complexity index is 979. The summed E-state index contributed by atoms with van der Waals surface area (Å²) < 4.78 is 7.04. The first-order valence-electron chi connectivity index (χ1n) is 9.09. The molecule has 0 aliphatic heterocycles. The van der Waals surface area contributed by atoms with Gasteiger partial charge in [-0.2, -0.15) is 0 Å². The maximum atomic E-state index is 11.7. The van der Waals surface area contributed by atoms with E-state index in [1.165, 1.54) is 28.6 Å². The van der Waals surface area contributed by atoms with Crippen molar-refractivity contribution in [3.05, 3.63) is 16.3 Å². The fraction of sp³-hybridized carbons (Fsp3) is 0.556. The van der Waals surface area contributed by atoms with Crippen LogP contribution in [0, 0.1) is 5.92 Å². The van der Waals surface area contributed by atoms with Crippen LogP contribution in [0.2, 0.25) is 0 Å². The van der Waals surface area contributed by atoms with Crippen molar-refractivity contribution in [2.24, 2.45) is 5.92 Å². The van der Waals surface area contributed by atoms with Crippen molar-refractivity contribution in [2.75, 3.05) is 12.4 Å². The molecule has 4 rings (SSSR count). The molecule has 0 bridgehead atoms. The quantitative estimate of drug-likeness (QED) is 0.489. The molecule has 1 aliphatic carbocycles. The monoisotopic (exact) mass is 390 g/mol. The summed E-state index contributed by atoms with van der Waals surface area (Å²) in [6, 6.07) is 0. The molecule has 3 heterocycles. The molecule has 3 aromatic rings. The lowest BCUT2D eigenvalue weighted by Crippen LogP contribution is -2.09. The van der Waals surface area contributed by atoms with E-state index in [9.17, 15) is 4.79 Å². The van der Waals surface area contributed by atoms with E-state index in [4.69, 9.17) is 9.72 Å². The second-order valence-corrected chi connectivity index (χ2v) is 8.67. The van der Waals surface area contributed by atoms with Crippen molar-refractivity contribution in [3.8, 4) is 0 Å². The predicted octanol–water partition coefficient (Wildman–Crippen LogP) is 3.68. The number of fused-ring (bicyclic) bond motifs is 5. The van der Waals surface area contributed by atoms with Crippen LogP contribution in [-0.4, -0.2) is 37.9 Å². The molecule has 26 heavy (non-hydrogen) atoms. The number of aromatic nitrogens is 4. The molecule has 138 valence electrons. The second-order valence-electron chi connectivity index (χ2n) is 6.65. The van der Waals surface area contributed by atoms with Gasteiger partial charge in [-0.15, -0.1) is 21.5 Å². The van der Waals surface area contributed by atoms with Gasteiger partial charge in [0.25, 0.3) is 0 Å². The molecule has 0 N–H and O–H groups in total. The Morgan fingerprint density at radius 2 is 2.23 bits per heavy atom. The van der Waals surface area contributed by atoms with Crippen LogP contribution in [0.1, 0.15) is 43.5 Å². The number of thiophene rings is 1. The van der Waals surface area contributed by atoms with E-state index in [-0.39, 0.29) is 11.7 Å². The van der Waals surface area contributed by atoms with Gasteiger partial charge in [0.15, 0.2) is 10.8 Å². The molecule has 0 amide bonds. The molecular weight excluding hydrogens is 368 g/mol. The minimum absolute atomic E-state index is 0.231. The SMILES string of the molecule is CCOC(=O)CSc1nnc2c3c4c(sc3nc(CC)n12)C[C@@H](C)CC4. The highest BCUT2D eigenvalue weighted by molar-refractivity contribution is 7.99. The van der Waals surface area contributed by atoms with Gasteiger partial charge in [0.1, 0.15) is 10.7 Å². The van der Waals surface area contributed by atoms with Crippen LogP contribution in [0.4, 0.5) is 0 Å². The van der Waals surface area contributed by atoms with Gasteiger partial charge in [0.05, 0.1) is 17.7 Å². The van der Waals surface area contributed by atoms with E-state index in [2.05, 4.69) is 24.0 Å². The minimum atomic E-state index is -0.233. The number of ether oxygens (including phenoxy) is 1. The Balaban J connectivity index is 1.82. The lowest BCUT2D eigenvalue weighted by Gasteiger charge is -2.17. The number of esters is 1. The summed E-state index contributed by atoms with van der Waals surface area (Å²) in [6.45, 7) is 6.60. The third-order valence-electron chi connectivity index (χ3n) is 4.78. The normalized spacial score (nSPS) is 17.0. The first kappa shape index (κ1) is 17.7. The molecule has 6 nitrogen and oxygen atoms in total. The van der Waals surface area contributed by atoms with Crippen LogP contribution < -0.4 is 0 Å². The number of hydrogen-bond acceptors (Lipinski definition) is 7. The molecule has 1 atom stereocenters. The van der Waals surface area contributed by atoms with Crippen molar-refractivity contribution >= 4 is 44.9 Å². The zero-order chi connectivity index (χ0) is 18.3. The highest BCUT2D eigenvalue weighted by atomic mass is 32.2. The number of rotatable bonds is 5. The van der Waals surface area contributed by atoms with Crippen LogP contribution in [0.15, 0.2) is 5.16 Å². The van der Waals surface area contributed by atoms with Crippen LogP contribution in [0.25, 0.3) is 15.9 Å². The van der Waals surface area contributed by atoms with Crippen LogP contribution >= 0.6 is 23.1 Å². The molecule has 0 radical (unpaired) electrons. The standard InChI is InChI=1S/C18H22N4O2S2/c1-4-13-19-17-15(11-7-6-10(3)8-12(11)26-17)16-20-21-18(22(13)16)25-9-14(23)24-5-2/h10H,4-9H2,1-3H3/t10-/m0/s1.